The Morgan fingerprint density at radius 2 is 2.09 bits per heavy atom. The second-order valence-corrected chi connectivity index (χ2v) is 5.45. The Kier molecular flexibility index (Phi) is 3.75. The van der Waals surface area contributed by atoms with Crippen molar-refractivity contribution in [2.75, 3.05) is 13.1 Å². The maximum absolute atomic E-state index is 12.3. The minimum atomic E-state index is -1.31. The quantitative estimate of drug-likeness (QED) is 0.553. The largest absolute Gasteiger partial charge is 0.507 e. The smallest absolute Gasteiger partial charge is 0.330 e. The summed E-state index contributed by atoms with van der Waals surface area (Å²) in [4.78, 5) is 23.8. The first-order valence-corrected chi connectivity index (χ1v) is 7.12. The first-order chi connectivity index (χ1) is 11.0. The van der Waals surface area contributed by atoms with Crippen LogP contribution in [0.15, 0.2) is 30.3 Å². The number of carbonyl (C=O) groups excluding carboxylic acids is 1. The SMILES string of the molecule is O=C(NC1(C(=O)O)CCNC1)c1cc(-c2ccccc2O)n[nH]1. The summed E-state index contributed by atoms with van der Waals surface area (Å²) in [6.45, 7) is 0.702. The van der Waals surface area contributed by atoms with Crippen molar-refractivity contribution < 1.29 is 19.8 Å². The number of nitrogens with one attached hydrogen (secondary N) is 3. The van der Waals surface area contributed by atoms with Gasteiger partial charge in [-0.1, -0.05) is 12.1 Å². The van der Waals surface area contributed by atoms with Gasteiger partial charge in [-0.15, -0.1) is 0 Å². The number of phenolic OH excluding ortho intramolecular Hbond substituents is 1. The van der Waals surface area contributed by atoms with Crippen molar-refractivity contribution in [3.05, 3.63) is 36.0 Å². The fourth-order valence-corrected chi connectivity index (χ4v) is 2.59. The Labute approximate surface area is 131 Å². The molecule has 5 N–H and O–H groups in total. The Morgan fingerprint density at radius 1 is 1.30 bits per heavy atom. The van der Waals surface area contributed by atoms with Crippen molar-refractivity contribution in [1.29, 1.82) is 0 Å². The van der Waals surface area contributed by atoms with Gasteiger partial charge in [-0.2, -0.15) is 5.10 Å². The highest BCUT2D eigenvalue weighted by atomic mass is 16.4. The molecule has 1 unspecified atom stereocenters. The number of para-hydroxylation sites is 1. The van der Waals surface area contributed by atoms with Crippen LogP contribution < -0.4 is 10.6 Å². The topological polar surface area (TPSA) is 127 Å². The number of aromatic hydroxyl groups is 1. The fourth-order valence-electron chi connectivity index (χ4n) is 2.59. The molecule has 0 radical (unpaired) electrons. The van der Waals surface area contributed by atoms with Gasteiger partial charge in [-0.05, 0) is 31.2 Å². The van der Waals surface area contributed by atoms with Crippen molar-refractivity contribution >= 4 is 11.9 Å². The molecule has 0 spiro atoms. The second-order valence-electron chi connectivity index (χ2n) is 5.45. The van der Waals surface area contributed by atoms with Gasteiger partial charge >= 0.3 is 5.97 Å². The Bertz CT molecular complexity index is 749. The number of amides is 1. The van der Waals surface area contributed by atoms with E-state index in [1.807, 2.05) is 0 Å². The van der Waals surface area contributed by atoms with Crippen LogP contribution in [0, 0.1) is 0 Å². The van der Waals surface area contributed by atoms with Crippen LogP contribution in [0.1, 0.15) is 16.9 Å². The van der Waals surface area contributed by atoms with Crippen molar-refractivity contribution in [2.24, 2.45) is 0 Å². The van der Waals surface area contributed by atoms with E-state index >= 15 is 0 Å². The molecule has 120 valence electrons. The number of nitrogens with zero attached hydrogens (tertiary/aromatic N) is 1. The van der Waals surface area contributed by atoms with Gasteiger partial charge in [0.25, 0.3) is 5.91 Å². The third kappa shape index (κ3) is 2.76. The number of hydrogen-bond acceptors (Lipinski definition) is 5. The molecule has 1 fully saturated rings. The number of carbonyl (C=O) groups is 2. The maximum Gasteiger partial charge on any atom is 0.330 e. The number of rotatable bonds is 4. The number of aromatic nitrogens is 2. The molecule has 1 atom stereocenters. The van der Waals surface area contributed by atoms with E-state index in [4.69, 9.17) is 0 Å². The standard InChI is InChI=1S/C15H16N4O4/c20-12-4-2-1-3-9(12)10-7-11(19-18-10)13(21)17-15(14(22)23)5-6-16-8-15/h1-4,7,16,20H,5-6,8H2,(H,17,21)(H,18,19)(H,22,23). The van der Waals surface area contributed by atoms with Gasteiger partial charge in [0.15, 0.2) is 5.54 Å². The zero-order valence-electron chi connectivity index (χ0n) is 12.2. The van der Waals surface area contributed by atoms with E-state index in [1.165, 1.54) is 12.1 Å². The van der Waals surface area contributed by atoms with Gasteiger partial charge in [-0.25, -0.2) is 4.79 Å². The monoisotopic (exact) mass is 316 g/mol. The molecule has 0 aliphatic carbocycles. The molecule has 3 rings (SSSR count). The highest BCUT2D eigenvalue weighted by molar-refractivity contribution is 5.97. The predicted molar refractivity (Wildman–Crippen MR) is 81.0 cm³/mol. The lowest BCUT2D eigenvalue weighted by Gasteiger charge is -2.23. The van der Waals surface area contributed by atoms with E-state index in [-0.39, 0.29) is 18.0 Å². The lowest BCUT2D eigenvalue weighted by atomic mass is 9.98. The molecule has 8 heteroatoms. The van der Waals surface area contributed by atoms with Crippen LogP contribution in [0.4, 0.5) is 0 Å². The lowest BCUT2D eigenvalue weighted by molar-refractivity contribution is -0.143. The van der Waals surface area contributed by atoms with E-state index in [1.54, 1.807) is 18.2 Å². The summed E-state index contributed by atoms with van der Waals surface area (Å²) in [5.41, 5.74) is -0.284. The highest BCUT2D eigenvalue weighted by Gasteiger charge is 2.43. The fraction of sp³-hybridized carbons (Fsp3) is 0.267. The van der Waals surface area contributed by atoms with Crippen molar-refractivity contribution in [1.82, 2.24) is 20.8 Å². The number of carboxylic acid groups (broad SMARTS) is 1. The van der Waals surface area contributed by atoms with Crippen LogP contribution in [-0.2, 0) is 4.79 Å². The number of aliphatic carboxylic acids is 1. The number of benzene rings is 1. The molecular formula is C15H16N4O4. The molecule has 2 aromatic rings. The van der Waals surface area contributed by atoms with Gasteiger partial charge in [0, 0.05) is 12.1 Å². The van der Waals surface area contributed by atoms with E-state index in [9.17, 15) is 19.8 Å². The number of phenols is 1. The van der Waals surface area contributed by atoms with E-state index < -0.39 is 17.4 Å². The van der Waals surface area contributed by atoms with Gasteiger partial charge < -0.3 is 20.8 Å². The van der Waals surface area contributed by atoms with Crippen LogP contribution in [0.3, 0.4) is 0 Å². The lowest BCUT2D eigenvalue weighted by Crippen LogP contribution is -2.56. The molecule has 1 aromatic heterocycles. The highest BCUT2D eigenvalue weighted by Crippen LogP contribution is 2.27. The number of H-pyrrole nitrogens is 1. The third-order valence-electron chi connectivity index (χ3n) is 3.92. The van der Waals surface area contributed by atoms with Crippen LogP contribution >= 0.6 is 0 Å². The van der Waals surface area contributed by atoms with Crippen LogP contribution in [-0.4, -0.2) is 50.9 Å². The van der Waals surface area contributed by atoms with E-state index in [2.05, 4.69) is 20.8 Å². The van der Waals surface area contributed by atoms with Gasteiger partial charge in [-0.3, -0.25) is 9.89 Å². The summed E-state index contributed by atoms with van der Waals surface area (Å²) in [7, 11) is 0. The predicted octanol–water partition coefficient (Wildman–Crippen LogP) is 0.329. The molecule has 1 aliphatic heterocycles. The summed E-state index contributed by atoms with van der Waals surface area (Å²) in [5, 5.41) is 31.2. The summed E-state index contributed by atoms with van der Waals surface area (Å²) >= 11 is 0. The van der Waals surface area contributed by atoms with Crippen LogP contribution in [0.25, 0.3) is 11.3 Å². The average Bonchev–Trinajstić information content (AvgIpc) is 3.17. The number of carboxylic acids is 1. The van der Waals surface area contributed by atoms with Crippen molar-refractivity contribution in [3.8, 4) is 17.0 Å². The molecule has 23 heavy (non-hydrogen) atoms. The van der Waals surface area contributed by atoms with E-state index in [0.717, 1.165) is 0 Å². The first kappa shape index (κ1) is 15.0. The van der Waals surface area contributed by atoms with Crippen molar-refractivity contribution in [3.63, 3.8) is 0 Å². The Hall–Kier alpha value is -2.87. The summed E-state index contributed by atoms with van der Waals surface area (Å²) in [6, 6.07) is 8.10. The minimum absolute atomic E-state index is 0.0490. The Morgan fingerprint density at radius 3 is 2.74 bits per heavy atom. The minimum Gasteiger partial charge on any atom is -0.507 e. The van der Waals surface area contributed by atoms with Gasteiger partial charge in [0.1, 0.15) is 11.4 Å². The van der Waals surface area contributed by atoms with Crippen LogP contribution in [0.2, 0.25) is 0 Å². The average molecular weight is 316 g/mol. The molecule has 2 heterocycles. The third-order valence-corrected chi connectivity index (χ3v) is 3.92. The normalized spacial score (nSPS) is 20.3. The molecule has 1 amide bonds. The molecule has 0 bridgehead atoms. The van der Waals surface area contributed by atoms with Crippen molar-refractivity contribution in [2.45, 2.75) is 12.0 Å². The number of hydrogen-bond donors (Lipinski definition) is 5. The summed E-state index contributed by atoms with van der Waals surface area (Å²) in [6.07, 6.45) is 0.314. The van der Waals surface area contributed by atoms with Gasteiger partial charge in [0.05, 0.1) is 5.69 Å². The first-order valence-electron chi connectivity index (χ1n) is 7.12. The summed E-state index contributed by atoms with van der Waals surface area (Å²) in [5.74, 6) is -1.57. The zero-order valence-corrected chi connectivity index (χ0v) is 12.2. The molecule has 0 saturated carbocycles. The maximum atomic E-state index is 12.3. The molecule has 8 nitrogen and oxygen atoms in total. The summed E-state index contributed by atoms with van der Waals surface area (Å²) < 4.78 is 0. The molecular weight excluding hydrogens is 300 g/mol. The Balaban J connectivity index is 1.82. The van der Waals surface area contributed by atoms with Crippen LogP contribution in [0.5, 0.6) is 5.75 Å². The molecule has 1 aromatic carbocycles. The van der Waals surface area contributed by atoms with Gasteiger partial charge in [0.2, 0.25) is 0 Å². The molecule has 1 saturated heterocycles. The second kappa shape index (κ2) is 5.73. The zero-order chi connectivity index (χ0) is 16.4. The molecule has 1 aliphatic rings. The van der Waals surface area contributed by atoms with E-state index in [0.29, 0.717) is 24.2 Å². The number of aromatic amines is 1.